The van der Waals surface area contributed by atoms with Crippen molar-refractivity contribution in [2.75, 3.05) is 13.2 Å². The molecule has 0 spiro atoms. The SMILES string of the molecule is O=C1NC(=S)NC(=O)C1=Cc1ccc(OCCOc2ccccc2Cl)cc1. The molecule has 1 saturated heterocycles. The summed E-state index contributed by atoms with van der Waals surface area (Å²) >= 11 is 10.8. The standard InChI is InChI=1S/C19H15ClN2O4S/c20-15-3-1-2-4-16(15)26-10-9-25-13-7-5-12(6-8-13)11-14-17(23)21-19(27)22-18(14)24/h1-8,11H,9-10H2,(H2,21,22,23,24,27). The topological polar surface area (TPSA) is 76.7 Å². The molecule has 1 aliphatic heterocycles. The Morgan fingerprint density at radius 2 is 1.56 bits per heavy atom. The van der Waals surface area contributed by atoms with Crippen molar-refractivity contribution >= 4 is 46.8 Å². The number of ether oxygens (including phenoxy) is 2. The maximum Gasteiger partial charge on any atom is 0.263 e. The normalized spacial score (nSPS) is 13.7. The molecule has 0 aliphatic carbocycles. The molecule has 6 nitrogen and oxygen atoms in total. The number of carbonyl (C=O) groups is 2. The number of nitrogens with one attached hydrogen (secondary N) is 2. The van der Waals surface area contributed by atoms with Crippen LogP contribution in [0, 0.1) is 0 Å². The Balaban J connectivity index is 1.54. The van der Waals surface area contributed by atoms with E-state index in [9.17, 15) is 9.59 Å². The van der Waals surface area contributed by atoms with E-state index in [4.69, 9.17) is 33.3 Å². The Bertz CT molecular complexity index is 890. The van der Waals surface area contributed by atoms with E-state index < -0.39 is 11.8 Å². The summed E-state index contributed by atoms with van der Waals surface area (Å²) < 4.78 is 11.2. The lowest BCUT2D eigenvalue weighted by atomic mass is 10.1. The van der Waals surface area contributed by atoms with E-state index in [1.54, 1.807) is 36.4 Å². The zero-order valence-electron chi connectivity index (χ0n) is 14.0. The lowest BCUT2D eigenvalue weighted by molar-refractivity contribution is -0.123. The number of hydrogen-bond acceptors (Lipinski definition) is 5. The van der Waals surface area contributed by atoms with E-state index in [0.717, 1.165) is 0 Å². The summed E-state index contributed by atoms with van der Waals surface area (Å²) in [6.07, 6.45) is 1.48. The van der Waals surface area contributed by atoms with Gasteiger partial charge in [-0.3, -0.25) is 20.2 Å². The Morgan fingerprint density at radius 1 is 0.926 bits per heavy atom. The average Bonchev–Trinajstić information content (AvgIpc) is 2.64. The molecule has 1 aliphatic rings. The van der Waals surface area contributed by atoms with Gasteiger partial charge < -0.3 is 9.47 Å². The largest absolute Gasteiger partial charge is 0.490 e. The summed E-state index contributed by atoms with van der Waals surface area (Å²) in [5, 5.41) is 5.33. The molecule has 2 N–H and O–H groups in total. The second-order valence-corrected chi connectivity index (χ2v) is 6.31. The van der Waals surface area contributed by atoms with Crippen LogP contribution in [0.25, 0.3) is 6.08 Å². The predicted molar refractivity (Wildman–Crippen MR) is 106 cm³/mol. The van der Waals surface area contributed by atoms with E-state index >= 15 is 0 Å². The van der Waals surface area contributed by atoms with Crippen LogP contribution in [0.4, 0.5) is 0 Å². The van der Waals surface area contributed by atoms with Crippen LogP contribution in [0.3, 0.4) is 0 Å². The van der Waals surface area contributed by atoms with Gasteiger partial charge >= 0.3 is 0 Å². The monoisotopic (exact) mass is 402 g/mol. The molecule has 1 heterocycles. The van der Waals surface area contributed by atoms with Gasteiger partial charge in [-0.2, -0.15) is 0 Å². The van der Waals surface area contributed by atoms with Crippen LogP contribution >= 0.6 is 23.8 Å². The van der Waals surface area contributed by atoms with Crippen molar-refractivity contribution in [2.24, 2.45) is 0 Å². The van der Waals surface area contributed by atoms with Gasteiger partial charge in [0.15, 0.2) is 5.11 Å². The second kappa shape index (κ2) is 8.66. The molecule has 27 heavy (non-hydrogen) atoms. The molecule has 2 aromatic rings. The van der Waals surface area contributed by atoms with Gasteiger partial charge in [-0.25, -0.2) is 0 Å². The lowest BCUT2D eigenvalue weighted by Crippen LogP contribution is -2.51. The van der Waals surface area contributed by atoms with Crippen molar-refractivity contribution in [1.29, 1.82) is 0 Å². The number of hydrogen-bond donors (Lipinski definition) is 2. The van der Waals surface area contributed by atoms with Gasteiger partial charge in [0.05, 0.1) is 5.02 Å². The second-order valence-electron chi connectivity index (χ2n) is 5.49. The Kier molecular flexibility index (Phi) is 6.05. The van der Waals surface area contributed by atoms with Crippen LogP contribution in [0.1, 0.15) is 5.56 Å². The van der Waals surface area contributed by atoms with Crippen molar-refractivity contribution in [3.05, 3.63) is 64.7 Å². The highest BCUT2D eigenvalue weighted by atomic mass is 35.5. The molecule has 0 unspecified atom stereocenters. The van der Waals surface area contributed by atoms with Crippen molar-refractivity contribution in [2.45, 2.75) is 0 Å². The molecule has 0 radical (unpaired) electrons. The van der Waals surface area contributed by atoms with Crippen LogP contribution in [0.2, 0.25) is 5.02 Å². The van der Waals surface area contributed by atoms with Gasteiger partial charge in [-0.05, 0) is 48.1 Å². The highest BCUT2D eigenvalue weighted by Gasteiger charge is 2.25. The number of thiocarbonyl (C=S) groups is 1. The molecule has 138 valence electrons. The molecule has 3 rings (SSSR count). The van der Waals surface area contributed by atoms with E-state index in [0.29, 0.717) is 35.3 Å². The number of para-hydroxylation sites is 1. The third-order valence-electron chi connectivity index (χ3n) is 3.58. The molecule has 0 atom stereocenters. The van der Waals surface area contributed by atoms with E-state index in [1.165, 1.54) is 6.08 Å². The highest BCUT2D eigenvalue weighted by molar-refractivity contribution is 7.80. The first kappa shape index (κ1) is 18.9. The third kappa shape index (κ3) is 5.06. The van der Waals surface area contributed by atoms with Crippen molar-refractivity contribution < 1.29 is 19.1 Å². The van der Waals surface area contributed by atoms with Gasteiger partial charge in [0.2, 0.25) is 0 Å². The van der Waals surface area contributed by atoms with Gasteiger partial charge in [-0.1, -0.05) is 35.9 Å². The molecule has 0 bridgehead atoms. The van der Waals surface area contributed by atoms with E-state index in [1.807, 2.05) is 12.1 Å². The zero-order chi connectivity index (χ0) is 19.2. The van der Waals surface area contributed by atoms with Gasteiger partial charge in [0, 0.05) is 0 Å². The molecular formula is C19H15ClN2O4S. The van der Waals surface area contributed by atoms with Gasteiger partial charge in [0.1, 0.15) is 30.3 Å². The molecular weight excluding hydrogens is 388 g/mol. The molecule has 0 aromatic heterocycles. The Hall–Kier alpha value is -2.90. The highest BCUT2D eigenvalue weighted by Crippen LogP contribution is 2.23. The number of halogens is 1. The van der Waals surface area contributed by atoms with Gasteiger partial charge in [0.25, 0.3) is 11.8 Å². The lowest BCUT2D eigenvalue weighted by Gasteiger charge is -2.16. The molecule has 8 heteroatoms. The first-order valence-electron chi connectivity index (χ1n) is 8.01. The fraction of sp³-hybridized carbons (Fsp3) is 0.105. The maximum atomic E-state index is 11.8. The number of amides is 2. The summed E-state index contributed by atoms with van der Waals surface area (Å²) in [4.78, 5) is 23.7. The van der Waals surface area contributed by atoms with Crippen LogP contribution in [-0.4, -0.2) is 30.1 Å². The van der Waals surface area contributed by atoms with Crippen LogP contribution in [0.15, 0.2) is 54.1 Å². The fourth-order valence-electron chi connectivity index (χ4n) is 2.31. The fourth-order valence-corrected chi connectivity index (χ4v) is 2.68. The average molecular weight is 403 g/mol. The number of carbonyl (C=O) groups excluding carboxylic acids is 2. The Labute approximate surface area is 166 Å². The number of benzene rings is 2. The minimum Gasteiger partial charge on any atom is -0.490 e. The van der Waals surface area contributed by atoms with Crippen molar-refractivity contribution in [1.82, 2.24) is 10.6 Å². The van der Waals surface area contributed by atoms with E-state index in [2.05, 4.69) is 10.6 Å². The quantitative estimate of drug-likeness (QED) is 0.336. The van der Waals surface area contributed by atoms with Gasteiger partial charge in [-0.15, -0.1) is 0 Å². The predicted octanol–water partition coefficient (Wildman–Crippen LogP) is 2.71. The molecule has 2 aromatic carbocycles. The Morgan fingerprint density at radius 3 is 2.22 bits per heavy atom. The van der Waals surface area contributed by atoms with E-state index in [-0.39, 0.29) is 10.7 Å². The minimum atomic E-state index is -0.527. The zero-order valence-corrected chi connectivity index (χ0v) is 15.6. The first-order valence-corrected chi connectivity index (χ1v) is 8.80. The summed E-state index contributed by atoms with van der Waals surface area (Å²) in [6.45, 7) is 0.684. The van der Waals surface area contributed by atoms with Crippen molar-refractivity contribution in [3.63, 3.8) is 0 Å². The summed E-state index contributed by atoms with van der Waals surface area (Å²) in [5.74, 6) is 0.188. The van der Waals surface area contributed by atoms with Crippen LogP contribution < -0.4 is 20.1 Å². The van der Waals surface area contributed by atoms with Crippen LogP contribution in [0.5, 0.6) is 11.5 Å². The smallest absolute Gasteiger partial charge is 0.263 e. The third-order valence-corrected chi connectivity index (χ3v) is 4.10. The molecule has 2 amide bonds. The van der Waals surface area contributed by atoms with Crippen molar-refractivity contribution in [3.8, 4) is 11.5 Å². The molecule has 0 saturated carbocycles. The maximum absolute atomic E-state index is 11.8. The summed E-state index contributed by atoms with van der Waals surface area (Å²) in [5.41, 5.74) is 0.674. The molecule has 1 fully saturated rings. The minimum absolute atomic E-state index is 0.00454. The first-order chi connectivity index (χ1) is 13.0. The number of rotatable bonds is 6. The summed E-state index contributed by atoms with van der Waals surface area (Å²) in [7, 11) is 0. The summed E-state index contributed by atoms with van der Waals surface area (Å²) in [6, 6.07) is 14.2. The van der Waals surface area contributed by atoms with Crippen LogP contribution in [-0.2, 0) is 9.59 Å².